The molecule has 1 aromatic carbocycles. The van der Waals surface area contributed by atoms with Gasteiger partial charge in [0.05, 0.1) is 25.6 Å². The van der Waals surface area contributed by atoms with Crippen molar-refractivity contribution in [1.82, 2.24) is 9.97 Å². The summed E-state index contributed by atoms with van der Waals surface area (Å²) < 4.78 is 5.95. The summed E-state index contributed by atoms with van der Waals surface area (Å²) >= 11 is 3.19. The normalized spacial score (nSPS) is 13.1. The van der Waals surface area contributed by atoms with Crippen LogP contribution >= 0.6 is 15.9 Å². The van der Waals surface area contributed by atoms with Gasteiger partial charge in [-0.1, -0.05) is 6.07 Å². The van der Waals surface area contributed by atoms with Crippen LogP contribution in [0, 0.1) is 0 Å². The van der Waals surface area contributed by atoms with Gasteiger partial charge in [-0.25, -0.2) is 9.97 Å². The number of rotatable bonds is 2. The van der Waals surface area contributed by atoms with Crippen molar-refractivity contribution >= 4 is 27.7 Å². The quantitative estimate of drug-likeness (QED) is 0.923. The van der Waals surface area contributed by atoms with Crippen LogP contribution in [0.1, 0.15) is 21.5 Å². The Morgan fingerprint density at radius 2 is 2.05 bits per heavy atom. The number of anilines is 1. The molecule has 2 aromatic rings. The van der Waals surface area contributed by atoms with E-state index in [4.69, 9.17) is 4.74 Å². The van der Waals surface area contributed by atoms with Crippen LogP contribution in [-0.2, 0) is 18.0 Å². The Morgan fingerprint density at radius 1 is 1.21 bits per heavy atom. The molecular formula is C13H10BrN3O2. The van der Waals surface area contributed by atoms with Gasteiger partial charge in [-0.15, -0.1) is 0 Å². The first-order valence-electron chi connectivity index (χ1n) is 5.71. The number of amides is 1. The molecule has 0 unspecified atom stereocenters. The number of carbonyl (C=O) groups is 1. The summed E-state index contributed by atoms with van der Waals surface area (Å²) in [6.07, 6.45) is 3.03. The number of fused-ring (bicyclic) bond motifs is 1. The largest absolute Gasteiger partial charge is 0.372 e. The minimum atomic E-state index is -0.202. The van der Waals surface area contributed by atoms with Crippen molar-refractivity contribution in [2.75, 3.05) is 5.32 Å². The number of benzene rings is 1. The van der Waals surface area contributed by atoms with E-state index in [1.807, 2.05) is 12.1 Å². The first-order valence-corrected chi connectivity index (χ1v) is 6.50. The number of aromatic nitrogens is 2. The second-order valence-electron chi connectivity index (χ2n) is 4.15. The lowest BCUT2D eigenvalue weighted by Gasteiger charge is -2.05. The number of ether oxygens (including phenoxy) is 1. The average molecular weight is 320 g/mol. The van der Waals surface area contributed by atoms with Crippen molar-refractivity contribution in [3.63, 3.8) is 0 Å². The van der Waals surface area contributed by atoms with Crippen LogP contribution in [0.25, 0.3) is 0 Å². The SMILES string of the molecule is O=C(Nc1cnc(Br)cn1)c1ccc2c(c1)COC2. The third-order valence-electron chi connectivity index (χ3n) is 2.85. The Bertz CT molecular complexity index is 628. The van der Waals surface area contributed by atoms with E-state index in [0.717, 1.165) is 11.1 Å². The predicted molar refractivity (Wildman–Crippen MR) is 72.6 cm³/mol. The minimum Gasteiger partial charge on any atom is -0.372 e. The second kappa shape index (κ2) is 5.07. The zero-order chi connectivity index (χ0) is 13.2. The van der Waals surface area contributed by atoms with Gasteiger partial charge in [0.15, 0.2) is 5.82 Å². The molecule has 0 saturated heterocycles. The Hall–Kier alpha value is -1.79. The standard InChI is InChI=1S/C13H10BrN3O2/c14-11-4-16-12(5-15-11)17-13(18)8-1-2-9-6-19-7-10(9)3-8/h1-5H,6-7H2,(H,16,17,18). The summed E-state index contributed by atoms with van der Waals surface area (Å²) in [4.78, 5) is 20.1. The highest BCUT2D eigenvalue weighted by atomic mass is 79.9. The Kier molecular flexibility index (Phi) is 3.27. The lowest BCUT2D eigenvalue weighted by molar-refractivity contribution is 0.102. The minimum absolute atomic E-state index is 0.202. The molecule has 5 nitrogen and oxygen atoms in total. The fourth-order valence-electron chi connectivity index (χ4n) is 1.88. The molecule has 1 N–H and O–H groups in total. The van der Waals surface area contributed by atoms with Gasteiger partial charge in [0.2, 0.25) is 0 Å². The molecular weight excluding hydrogens is 310 g/mol. The van der Waals surface area contributed by atoms with Crippen LogP contribution in [0.15, 0.2) is 35.2 Å². The molecule has 1 aliphatic heterocycles. The van der Waals surface area contributed by atoms with Gasteiger partial charge >= 0.3 is 0 Å². The molecule has 0 saturated carbocycles. The molecule has 2 heterocycles. The Morgan fingerprint density at radius 3 is 2.84 bits per heavy atom. The Balaban J connectivity index is 1.78. The molecule has 0 aliphatic carbocycles. The van der Waals surface area contributed by atoms with E-state index in [1.54, 1.807) is 6.07 Å². The summed E-state index contributed by atoms with van der Waals surface area (Å²) in [6.45, 7) is 1.18. The van der Waals surface area contributed by atoms with Crippen LogP contribution in [-0.4, -0.2) is 15.9 Å². The van der Waals surface area contributed by atoms with Crippen LogP contribution < -0.4 is 5.32 Å². The molecule has 1 aromatic heterocycles. The maximum atomic E-state index is 12.1. The molecule has 0 spiro atoms. The molecule has 96 valence electrons. The van der Waals surface area contributed by atoms with Crippen molar-refractivity contribution in [2.45, 2.75) is 13.2 Å². The van der Waals surface area contributed by atoms with Gasteiger partial charge < -0.3 is 10.1 Å². The molecule has 0 atom stereocenters. The van der Waals surface area contributed by atoms with E-state index in [1.165, 1.54) is 12.4 Å². The highest BCUT2D eigenvalue weighted by Crippen LogP contribution is 2.21. The molecule has 1 aliphatic rings. The van der Waals surface area contributed by atoms with E-state index in [9.17, 15) is 4.79 Å². The zero-order valence-electron chi connectivity index (χ0n) is 9.89. The van der Waals surface area contributed by atoms with E-state index in [0.29, 0.717) is 29.2 Å². The van der Waals surface area contributed by atoms with Crippen LogP contribution in [0.5, 0.6) is 0 Å². The van der Waals surface area contributed by atoms with E-state index < -0.39 is 0 Å². The second-order valence-corrected chi connectivity index (χ2v) is 4.97. The number of carbonyl (C=O) groups excluding carboxylic acids is 1. The van der Waals surface area contributed by atoms with Crippen molar-refractivity contribution < 1.29 is 9.53 Å². The van der Waals surface area contributed by atoms with E-state index >= 15 is 0 Å². The van der Waals surface area contributed by atoms with Crippen LogP contribution in [0.4, 0.5) is 5.82 Å². The predicted octanol–water partition coefficient (Wildman–Crippen LogP) is 2.52. The van der Waals surface area contributed by atoms with Gasteiger partial charge in [0.25, 0.3) is 5.91 Å². The molecule has 0 fully saturated rings. The number of hydrogen-bond acceptors (Lipinski definition) is 4. The lowest BCUT2D eigenvalue weighted by Crippen LogP contribution is -2.13. The first kappa shape index (κ1) is 12.3. The van der Waals surface area contributed by atoms with Crippen molar-refractivity contribution in [2.24, 2.45) is 0 Å². The maximum absolute atomic E-state index is 12.1. The monoisotopic (exact) mass is 319 g/mol. The van der Waals surface area contributed by atoms with Gasteiger partial charge in [-0.2, -0.15) is 0 Å². The highest BCUT2D eigenvalue weighted by Gasteiger charge is 2.14. The summed E-state index contributed by atoms with van der Waals surface area (Å²) in [5.74, 6) is 0.219. The summed E-state index contributed by atoms with van der Waals surface area (Å²) in [6, 6.07) is 5.56. The first-order chi connectivity index (χ1) is 9.22. The molecule has 0 radical (unpaired) electrons. The Labute approximate surface area is 118 Å². The summed E-state index contributed by atoms with van der Waals surface area (Å²) in [5, 5.41) is 2.70. The average Bonchev–Trinajstić information content (AvgIpc) is 2.88. The zero-order valence-corrected chi connectivity index (χ0v) is 11.5. The van der Waals surface area contributed by atoms with Crippen LogP contribution in [0.2, 0.25) is 0 Å². The molecule has 6 heteroatoms. The van der Waals surface area contributed by atoms with Gasteiger partial charge in [-0.05, 0) is 39.2 Å². The number of hydrogen-bond donors (Lipinski definition) is 1. The third-order valence-corrected chi connectivity index (χ3v) is 3.26. The van der Waals surface area contributed by atoms with E-state index in [-0.39, 0.29) is 5.91 Å². The highest BCUT2D eigenvalue weighted by molar-refractivity contribution is 9.10. The fourth-order valence-corrected chi connectivity index (χ4v) is 2.08. The van der Waals surface area contributed by atoms with Crippen molar-refractivity contribution in [1.29, 1.82) is 0 Å². The van der Waals surface area contributed by atoms with Crippen molar-refractivity contribution in [3.8, 4) is 0 Å². The summed E-state index contributed by atoms with van der Waals surface area (Å²) in [7, 11) is 0. The maximum Gasteiger partial charge on any atom is 0.256 e. The van der Waals surface area contributed by atoms with Gasteiger partial charge in [0, 0.05) is 5.56 Å². The number of halogens is 1. The van der Waals surface area contributed by atoms with Gasteiger partial charge in [-0.3, -0.25) is 4.79 Å². The topological polar surface area (TPSA) is 64.1 Å². The number of nitrogens with zero attached hydrogens (tertiary/aromatic N) is 2. The summed E-state index contributed by atoms with van der Waals surface area (Å²) in [5.41, 5.74) is 2.79. The third kappa shape index (κ3) is 2.64. The molecule has 3 rings (SSSR count). The van der Waals surface area contributed by atoms with Crippen LogP contribution in [0.3, 0.4) is 0 Å². The van der Waals surface area contributed by atoms with Crippen molar-refractivity contribution in [3.05, 3.63) is 51.9 Å². The fraction of sp³-hybridized carbons (Fsp3) is 0.154. The van der Waals surface area contributed by atoms with E-state index in [2.05, 4.69) is 31.2 Å². The molecule has 1 amide bonds. The van der Waals surface area contributed by atoms with Gasteiger partial charge in [0.1, 0.15) is 4.60 Å². The molecule has 19 heavy (non-hydrogen) atoms. The lowest BCUT2D eigenvalue weighted by atomic mass is 10.1. The molecule has 0 bridgehead atoms. The number of nitrogens with one attached hydrogen (secondary N) is 1. The smallest absolute Gasteiger partial charge is 0.256 e.